The summed E-state index contributed by atoms with van der Waals surface area (Å²) in [5.74, 6) is 0.688. The Bertz CT molecular complexity index is 120. The molecule has 0 aromatic carbocycles. The molecule has 0 heterocycles. The van der Waals surface area contributed by atoms with Crippen LogP contribution in [0, 0.1) is 0 Å². The minimum absolute atomic E-state index is 0.110. The highest BCUT2D eigenvalue weighted by molar-refractivity contribution is 7.99. The molecule has 0 aliphatic carbocycles. The van der Waals surface area contributed by atoms with Gasteiger partial charge in [-0.25, -0.2) is 0 Å². The van der Waals surface area contributed by atoms with Crippen LogP contribution in [0.1, 0.15) is 0 Å². The molecular formula is C6H13NO3S. The van der Waals surface area contributed by atoms with Crippen LogP contribution >= 0.6 is 11.8 Å². The van der Waals surface area contributed by atoms with Crippen molar-refractivity contribution in [2.45, 2.75) is 6.04 Å². The maximum Gasteiger partial charge on any atom is 0.323 e. The van der Waals surface area contributed by atoms with Crippen molar-refractivity contribution in [1.29, 1.82) is 0 Å². The molecule has 0 rings (SSSR count). The van der Waals surface area contributed by atoms with Crippen LogP contribution in [-0.2, 0) is 9.53 Å². The Morgan fingerprint density at radius 3 is 2.91 bits per heavy atom. The van der Waals surface area contributed by atoms with Gasteiger partial charge in [0.15, 0.2) is 0 Å². The van der Waals surface area contributed by atoms with Crippen molar-refractivity contribution in [2.75, 3.05) is 25.2 Å². The molecule has 0 aromatic rings. The maximum atomic E-state index is 10.7. The smallest absolute Gasteiger partial charge is 0.323 e. The van der Waals surface area contributed by atoms with Crippen molar-refractivity contribution in [3.8, 4) is 0 Å². The number of nitrogens with two attached hydrogens (primary N) is 1. The minimum atomic E-state index is -0.573. The van der Waals surface area contributed by atoms with Gasteiger partial charge in [-0.3, -0.25) is 4.79 Å². The van der Waals surface area contributed by atoms with Crippen LogP contribution in [0.3, 0.4) is 0 Å². The SMILES string of the molecule is COC(=O)[C@@H](N)CSCCO. The number of aliphatic hydroxyl groups excluding tert-OH is 1. The van der Waals surface area contributed by atoms with Crippen LogP contribution in [0.4, 0.5) is 0 Å². The second-order valence-corrected chi connectivity index (χ2v) is 3.08. The molecule has 3 N–H and O–H groups in total. The lowest BCUT2D eigenvalue weighted by atomic mass is 10.4. The van der Waals surface area contributed by atoms with Gasteiger partial charge >= 0.3 is 5.97 Å². The summed E-state index contributed by atoms with van der Waals surface area (Å²) < 4.78 is 4.40. The number of methoxy groups -OCH3 is 1. The van der Waals surface area contributed by atoms with Gasteiger partial charge in [-0.05, 0) is 0 Å². The lowest BCUT2D eigenvalue weighted by Gasteiger charge is -2.07. The van der Waals surface area contributed by atoms with Gasteiger partial charge in [0.25, 0.3) is 0 Å². The summed E-state index contributed by atoms with van der Waals surface area (Å²) in [6.07, 6.45) is 0. The van der Waals surface area contributed by atoms with Gasteiger partial charge in [0.2, 0.25) is 0 Å². The molecule has 0 amide bonds. The van der Waals surface area contributed by atoms with Gasteiger partial charge in [-0.2, -0.15) is 11.8 Å². The Morgan fingerprint density at radius 2 is 2.45 bits per heavy atom. The zero-order valence-electron chi connectivity index (χ0n) is 6.45. The fourth-order valence-electron chi connectivity index (χ4n) is 0.494. The van der Waals surface area contributed by atoms with E-state index >= 15 is 0 Å². The molecule has 66 valence electrons. The summed E-state index contributed by atoms with van der Waals surface area (Å²) >= 11 is 1.43. The first-order chi connectivity index (χ1) is 5.22. The van der Waals surface area contributed by atoms with E-state index in [1.165, 1.54) is 18.9 Å². The molecule has 0 fully saturated rings. The zero-order chi connectivity index (χ0) is 8.69. The number of ether oxygens (including phenoxy) is 1. The third-order valence-corrected chi connectivity index (χ3v) is 2.10. The molecule has 5 heteroatoms. The van der Waals surface area contributed by atoms with Crippen LogP contribution < -0.4 is 5.73 Å². The number of esters is 1. The molecule has 0 radical (unpaired) electrons. The number of aliphatic hydroxyl groups is 1. The second-order valence-electron chi connectivity index (χ2n) is 1.93. The Labute approximate surface area is 70.1 Å². The number of rotatable bonds is 5. The number of carbonyl (C=O) groups excluding carboxylic acids is 1. The molecule has 0 unspecified atom stereocenters. The van der Waals surface area contributed by atoms with Gasteiger partial charge in [0, 0.05) is 11.5 Å². The lowest BCUT2D eigenvalue weighted by Crippen LogP contribution is -2.34. The minimum Gasteiger partial charge on any atom is -0.468 e. The third kappa shape index (κ3) is 5.06. The molecule has 0 bridgehead atoms. The first-order valence-electron chi connectivity index (χ1n) is 3.24. The summed E-state index contributed by atoms with van der Waals surface area (Å²) in [6, 6.07) is -0.573. The second kappa shape index (κ2) is 6.45. The summed E-state index contributed by atoms with van der Waals surface area (Å²) in [5.41, 5.74) is 5.39. The molecule has 0 aliphatic rings. The molecule has 1 atom stereocenters. The van der Waals surface area contributed by atoms with Gasteiger partial charge in [0.05, 0.1) is 13.7 Å². The fourth-order valence-corrected chi connectivity index (χ4v) is 1.18. The average Bonchev–Trinajstić information content (AvgIpc) is 2.03. The van der Waals surface area contributed by atoms with Crippen LogP contribution in [0.2, 0.25) is 0 Å². The van der Waals surface area contributed by atoms with E-state index in [-0.39, 0.29) is 6.61 Å². The molecule has 4 nitrogen and oxygen atoms in total. The van der Waals surface area contributed by atoms with Crippen molar-refractivity contribution < 1.29 is 14.6 Å². The molecule has 11 heavy (non-hydrogen) atoms. The summed E-state index contributed by atoms with van der Waals surface area (Å²) in [6.45, 7) is 0.110. The monoisotopic (exact) mass is 179 g/mol. The van der Waals surface area contributed by atoms with E-state index in [0.717, 1.165) is 0 Å². The fraction of sp³-hybridized carbons (Fsp3) is 0.833. The summed E-state index contributed by atoms with van der Waals surface area (Å²) in [5, 5.41) is 8.40. The average molecular weight is 179 g/mol. The highest BCUT2D eigenvalue weighted by atomic mass is 32.2. The predicted octanol–water partition coefficient (Wildman–Crippen LogP) is -0.788. The Hall–Kier alpha value is -0.260. The van der Waals surface area contributed by atoms with Crippen molar-refractivity contribution in [3.63, 3.8) is 0 Å². The first kappa shape index (κ1) is 10.7. The highest BCUT2D eigenvalue weighted by Gasteiger charge is 2.12. The van der Waals surface area contributed by atoms with Crippen LogP contribution in [0.25, 0.3) is 0 Å². The van der Waals surface area contributed by atoms with E-state index in [2.05, 4.69) is 4.74 Å². The van der Waals surface area contributed by atoms with Gasteiger partial charge < -0.3 is 15.6 Å². The van der Waals surface area contributed by atoms with Gasteiger partial charge in [-0.15, -0.1) is 0 Å². The quantitative estimate of drug-likeness (QED) is 0.427. The maximum absolute atomic E-state index is 10.7. The zero-order valence-corrected chi connectivity index (χ0v) is 7.26. The normalized spacial score (nSPS) is 12.6. The molecule has 0 saturated heterocycles. The number of hydrogen-bond donors (Lipinski definition) is 2. The number of hydrogen-bond acceptors (Lipinski definition) is 5. The van der Waals surface area contributed by atoms with Crippen molar-refractivity contribution in [2.24, 2.45) is 5.73 Å². The van der Waals surface area contributed by atoms with E-state index in [9.17, 15) is 4.79 Å². The van der Waals surface area contributed by atoms with E-state index in [1.807, 2.05) is 0 Å². The van der Waals surface area contributed by atoms with Crippen molar-refractivity contribution in [3.05, 3.63) is 0 Å². The van der Waals surface area contributed by atoms with Crippen molar-refractivity contribution >= 4 is 17.7 Å². The van der Waals surface area contributed by atoms with Crippen molar-refractivity contribution in [1.82, 2.24) is 0 Å². The summed E-state index contributed by atoms with van der Waals surface area (Å²) in [7, 11) is 1.30. The standard InChI is InChI=1S/C6H13NO3S/c1-10-6(9)5(7)4-11-3-2-8/h5,8H,2-4,7H2,1H3/t5-/m0/s1. The first-order valence-corrected chi connectivity index (χ1v) is 4.40. The third-order valence-electron chi connectivity index (χ3n) is 1.04. The molecule has 0 saturated carbocycles. The predicted molar refractivity (Wildman–Crippen MR) is 44.4 cm³/mol. The van der Waals surface area contributed by atoms with Crippen LogP contribution in [0.5, 0.6) is 0 Å². The lowest BCUT2D eigenvalue weighted by molar-refractivity contribution is -0.141. The van der Waals surface area contributed by atoms with Gasteiger partial charge in [-0.1, -0.05) is 0 Å². The van der Waals surface area contributed by atoms with Crippen LogP contribution in [-0.4, -0.2) is 42.3 Å². The topological polar surface area (TPSA) is 72.5 Å². The number of carbonyl (C=O) groups is 1. The van der Waals surface area contributed by atoms with E-state index < -0.39 is 12.0 Å². The van der Waals surface area contributed by atoms with Crippen LogP contribution in [0.15, 0.2) is 0 Å². The van der Waals surface area contributed by atoms with E-state index in [0.29, 0.717) is 11.5 Å². The Balaban J connectivity index is 3.36. The van der Waals surface area contributed by atoms with Gasteiger partial charge in [0.1, 0.15) is 6.04 Å². The highest BCUT2D eigenvalue weighted by Crippen LogP contribution is 2.00. The molecule has 0 aromatic heterocycles. The Morgan fingerprint density at radius 1 is 1.82 bits per heavy atom. The Kier molecular flexibility index (Phi) is 6.30. The summed E-state index contributed by atoms with van der Waals surface area (Å²) in [4.78, 5) is 10.7. The number of thioether (sulfide) groups is 1. The largest absolute Gasteiger partial charge is 0.468 e. The molecular weight excluding hydrogens is 166 g/mol. The molecule has 0 aliphatic heterocycles. The van der Waals surface area contributed by atoms with E-state index in [1.54, 1.807) is 0 Å². The molecule has 0 spiro atoms. The van der Waals surface area contributed by atoms with E-state index in [4.69, 9.17) is 10.8 Å².